The van der Waals surface area contributed by atoms with E-state index in [0.29, 0.717) is 13.0 Å². The number of carboxylic acids is 1. The monoisotopic (exact) mass is 238 g/mol. The van der Waals surface area contributed by atoms with Gasteiger partial charge < -0.3 is 15.3 Å². The SMILES string of the molecule is C#CCC(C)NC(=O)N1C[C@@H](C)[C@H](C(=O)O)C1. The van der Waals surface area contributed by atoms with E-state index in [1.807, 2.05) is 13.8 Å². The fourth-order valence-corrected chi connectivity index (χ4v) is 1.98. The minimum Gasteiger partial charge on any atom is -0.481 e. The van der Waals surface area contributed by atoms with Crippen LogP contribution in [0.25, 0.3) is 0 Å². The second-order valence-corrected chi connectivity index (χ2v) is 4.59. The van der Waals surface area contributed by atoms with E-state index in [-0.39, 0.29) is 24.5 Å². The maximum atomic E-state index is 11.8. The van der Waals surface area contributed by atoms with E-state index in [1.54, 1.807) is 0 Å². The molecule has 0 spiro atoms. The number of aliphatic carboxylic acids is 1. The Morgan fingerprint density at radius 1 is 1.59 bits per heavy atom. The van der Waals surface area contributed by atoms with E-state index < -0.39 is 11.9 Å². The molecule has 0 bridgehead atoms. The number of carbonyl (C=O) groups is 2. The summed E-state index contributed by atoms with van der Waals surface area (Å²) < 4.78 is 0. The Kier molecular flexibility index (Phi) is 4.38. The molecule has 0 saturated carbocycles. The van der Waals surface area contributed by atoms with E-state index in [4.69, 9.17) is 11.5 Å². The molecule has 2 amide bonds. The van der Waals surface area contributed by atoms with Gasteiger partial charge in [-0.2, -0.15) is 0 Å². The zero-order valence-electron chi connectivity index (χ0n) is 10.1. The molecule has 5 heteroatoms. The first kappa shape index (κ1) is 13.4. The minimum absolute atomic E-state index is 0.0128. The van der Waals surface area contributed by atoms with Crippen molar-refractivity contribution in [2.24, 2.45) is 11.8 Å². The van der Waals surface area contributed by atoms with Gasteiger partial charge in [0, 0.05) is 25.6 Å². The quantitative estimate of drug-likeness (QED) is 0.713. The number of rotatable bonds is 3. The van der Waals surface area contributed by atoms with Gasteiger partial charge in [0.05, 0.1) is 5.92 Å². The van der Waals surface area contributed by atoms with Crippen molar-refractivity contribution in [3.8, 4) is 12.3 Å². The average molecular weight is 238 g/mol. The molecule has 1 heterocycles. The molecule has 0 radical (unpaired) electrons. The maximum Gasteiger partial charge on any atom is 0.317 e. The van der Waals surface area contributed by atoms with Crippen LogP contribution in [0.5, 0.6) is 0 Å². The van der Waals surface area contributed by atoms with Gasteiger partial charge in [-0.3, -0.25) is 4.79 Å². The number of likely N-dealkylation sites (tertiary alicyclic amines) is 1. The highest BCUT2D eigenvalue weighted by molar-refractivity contribution is 5.77. The zero-order valence-corrected chi connectivity index (χ0v) is 10.1. The maximum absolute atomic E-state index is 11.8. The Morgan fingerprint density at radius 2 is 2.24 bits per heavy atom. The number of hydrogen-bond acceptors (Lipinski definition) is 2. The van der Waals surface area contributed by atoms with Crippen LogP contribution in [0.15, 0.2) is 0 Å². The van der Waals surface area contributed by atoms with Crippen molar-refractivity contribution < 1.29 is 14.7 Å². The number of terminal acetylenes is 1. The molecular formula is C12H18N2O3. The van der Waals surface area contributed by atoms with Crippen LogP contribution < -0.4 is 5.32 Å². The number of nitrogens with one attached hydrogen (secondary N) is 1. The molecule has 2 N–H and O–H groups in total. The number of carboxylic acid groups (broad SMARTS) is 1. The molecule has 5 nitrogen and oxygen atoms in total. The predicted molar refractivity (Wildman–Crippen MR) is 63.3 cm³/mol. The lowest BCUT2D eigenvalue weighted by atomic mass is 9.99. The molecule has 1 unspecified atom stereocenters. The van der Waals surface area contributed by atoms with Gasteiger partial charge in [0.1, 0.15) is 0 Å². The summed E-state index contributed by atoms with van der Waals surface area (Å²) in [5.74, 6) is 1.15. The molecule has 1 aliphatic heterocycles. The van der Waals surface area contributed by atoms with Crippen LogP contribution in [0.1, 0.15) is 20.3 Å². The van der Waals surface area contributed by atoms with Crippen molar-refractivity contribution in [1.82, 2.24) is 10.2 Å². The topological polar surface area (TPSA) is 69.6 Å². The van der Waals surface area contributed by atoms with E-state index in [1.165, 1.54) is 4.90 Å². The van der Waals surface area contributed by atoms with Crippen molar-refractivity contribution in [1.29, 1.82) is 0 Å². The first-order chi connectivity index (χ1) is 7.95. The van der Waals surface area contributed by atoms with Crippen molar-refractivity contribution >= 4 is 12.0 Å². The fraction of sp³-hybridized carbons (Fsp3) is 0.667. The van der Waals surface area contributed by atoms with Gasteiger partial charge in [-0.15, -0.1) is 12.3 Å². The second kappa shape index (κ2) is 5.58. The molecule has 3 atom stereocenters. The van der Waals surface area contributed by atoms with Crippen LogP contribution in [-0.2, 0) is 4.79 Å². The van der Waals surface area contributed by atoms with Gasteiger partial charge in [-0.05, 0) is 12.8 Å². The molecule has 17 heavy (non-hydrogen) atoms. The molecule has 1 aliphatic rings. The van der Waals surface area contributed by atoms with Gasteiger partial charge in [0.15, 0.2) is 0 Å². The fourth-order valence-electron chi connectivity index (χ4n) is 1.98. The predicted octanol–water partition coefficient (Wildman–Crippen LogP) is 0.760. The number of nitrogens with zero attached hydrogens (tertiary/aromatic N) is 1. The highest BCUT2D eigenvalue weighted by atomic mass is 16.4. The molecule has 0 aromatic heterocycles. The highest BCUT2D eigenvalue weighted by Gasteiger charge is 2.37. The summed E-state index contributed by atoms with van der Waals surface area (Å²) in [4.78, 5) is 24.3. The lowest BCUT2D eigenvalue weighted by Gasteiger charge is -2.19. The summed E-state index contributed by atoms with van der Waals surface area (Å²) >= 11 is 0. The van der Waals surface area contributed by atoms with E-state index in [2.05, 4.69) is 11.2 Å². The van der Waals surface area contributed by atoms with Crippen LogP contribution in [0.2, 0.25) is 0 Å². The summed E-state index contributed by atoms with van der Waals surface area (Å²) in [6.07, 6.45) is 5.62. The number of urea groups is 1. The largest absolute Gasteiger partial charge is 0.481 e. The van der Waals surface area contributed by atoms with Gasteiger partial charge in [0.25, 0.3) is 0 Å². The number of amides is 2. The van der Waals surface area contributed by atoms with Gasteiger partial charge in [-0.1, -0.05) is 6.92 Å². The van der Waals surface area contributed by atoms with Crippen molar-refractivity contribution in [3.63, 3.8) is 0 Å². The summed E-state index contributed by atoms with van der Waals surface area (Å²) in [6, 6.07) is -0.324. The Balaban J connectivity index is 2.50. The lowest BCUT2D eigenvalue weighted by molar-refractivity contribution is -0.142. The third-order valence-electron chi connectivity index (χ3n) is 3.01. The van der Waals surface area contributed by atoms with Crippen molar-refractivity contribution in [2.45, 2.75) is 26.3 Å². The smallest absolute Gasteiger partial charge is 0.317 e. The number of hydrogen-bond donors (Lipinski definition) is 2. The van der Waals surface area contributed by atoms with E-state index in [9.17, 15) is 9.59 Å². The number of carbonyl (C=O) groups excluding carboxylic acids is 1. The van der Waals surface area contributed by atoms with E-state index in [0.717, 1.165) is 0 Å². The molecule has 0 aromatic rings. The normalized spacial score (nSPS) is 25.1. The Bertz CT molecular complexity index is 348. The lowest BCUT2D eigenvalue weighted by Crippen LogP contribution is -2.43. The van der Waals surface area contributed by atoms with Crippen LogP contribution in [0, 0.1) is 24.2 Å². The average Bonchev–Trinajstić information content (AvgIpc) is 2.60. The molecule has 1 rings (SSSR count). The summed E-state index contributed by atoms with van der Waals surface area (Å²) in [5.41, 5.74) is 0. The Morgan fingerprint density at radius 3 is 2.71 bits per heavy atom. The third kappa shape index (κ3) is 3.38. The highest BCUT2D eigenvalue weighted by Crippen LogP contribution is 2.23. The van der Waals surface area contributed by atoms with Gasteiger partial charge in [-0.25, -0.2) is 4.79 Å². The summed E-state index contributed by atoms with van der Waals surface area (Å²) in [6.45, 7) is 4.42. The third-order valence-corrected chi connectivity index (χ3v) is 3.01. The minimum atomic E-state index is -0.843. The van der Waals surface area contributed by atoms with E-state index >= 15 is 0 Å². The van der Waals surface area contributed by atoms with Gasteiger partial charge in [0.2, 0.25) is 0 Å². The first-order valence-electron chi connectivity index (χ1n) is 5.67. The molecular weight excluding hydrogens is 220 g/mol. The standard InChI is InChI=1S/C12H18N2O3/c1-4-5-9(3)13-12(17)14-6-8(2)10(7-14)11(15)16/h1,8-10H,5-7H2,2-3H3,(H,13,17)(H,15,16)/t8-,9?,10-/m1/s1. The first-order valence-corrected chi connectivity index (χ1v) is 5.67. The molecule has 94 valence electrons. The Labute approximate surface area is 101 Å². The van der Waals surface area contributed by atoms with Crippen molar-refractivity contribution in [3.05, 3.63) is 0 Å². The van der Waals surface area contributed by atoms with Crippen LogP contribution in [-0.4, -0.2) is 41.1 Å². The summed E-state index contributed by atoms with van der Waals surface area (Å²) in [5, 5.41) is 11.7. The molecule has 0 aromatic carbocycles. The molecule has 0 aliphatic carbocycles. The second-order valence-electron chi connectivity index (χ2n) is 4.59. The summed E-state index contributed by atoms with van der Waals surface area (Å²) in [7, 11) is 0. The zero-order chi connectivity index (χ0) is 13.0. The molecule has 1 fully saturated rings. The van der Waals surface area contributed by atoms with Crippen LogP contribution in [0.4, 0.5) is 4.79 Å². The molecule has 1 saturated heterocycles. The van der Waals surface area contributed by atoms with Crippen LogP contribution in [0.3, 0.4) is 0 Å². The Hall–Kier alpha value is -1.70. The van der Waals surface area contributed by atoms with Gasteiger partial charge >= 0.3 is 12.0 Å². The van der Waals surface area contributed by atoms with Crippen molar-refractivity contribution in [2.75, 3.05) is 13.1 Å². The van der Waals surface area contributed by atoms with Crippen LogP contribution >= 0.6 is 0 Å².